The number of fused-ring (bicyclic) bond motifs is 3. The summed E-state index contributed by atoms with van der Waals surface area (Å²) < 4.78 is 23.7. The lowest BCUT2D eigenvalue weighted by molar-refractivity contribution is 0.0899. The first-order valence-corrected chi connectivity index (χ1v) is 11.4. The van der Waals surface area contributed by atoms with E-state index in [1.165, 1.54) is 4.88 Å². The number of benzene rings is 2. The van der Waals surface area contributed by atoms with E-state index in [4.69, 9.17) is 18.6 Å². The average molecular weight is 450 g/mol. The number of nitrogens with zero attached hydrogens (tertiary/aromatic N) is 1. The Labute approximate surface area is 189 Å². The van der Waals surface area contributed by atoms with Crippen LogP contribution in [-0.4, -0.2) is 18.2 Å². The van der Waals surface area contributed by atoms with Crippen molar-refractivity contribution in [2.24, 2.45) is 0 Å². The van der Waals surface area contributed by atoms with E-state index in [0.29, 0.717) is 48.1 Å². The zero-order valence-electron chi connectivity index (χ0n) is 17.9. The van der Waals surface area contributed by atoms with Gasteiger partial charge in [0.25, 0.3) is 0 Å². The number of thiophene rings is 1. The molecule has 0 bridgehead atoms. The molecule has 1 aliphatic heterocycles. The van der Waals surface area contributed by atoms with E-state index in [9.17, 15) is 4.79 Å². The van der Waals surface area contributed by atoms with Crippen LogP contribution in [0.5, 0.6) is 23.0 Å². The van der Waals surface area contributed by atoms with Gasteiger partial charge in [-0.3, -0.25) is 9.69 Å². The Kier molecular flexibility index (Phi) is 5.59. The number of ether oxygens (including phenoxy) is 3. The molecular weight excluding hydrogens is 426 g/mol. The summed E-state index contributed by atoms with van der Waals surface area (Å²) in [6, 6.07) is 15.0. The molecule has 164 valence electrons. The molecule has 0 spiro atoms. The standard InChI is InChI=1S/C25H23NO5S/c1-3-28-21-8-4-5-9-22(21)31-24-16(2)30-25-18(23(24)27)10-11-20-19(25)14-26(15-29-20)13-17-7-6-12-32-17/h4-12H,3,13-15H2,1-2H3. The summed E-state index contributed by atoms with van der Waals surface area (Å²) in [5, 5.41) is 2.54. The van der Waals surface area contributed by atoms with Crippen LogP contribution in [0.4, 0.5) is 0 Å². The summed E-state index contributed by atoms with van der Waals surface area (Å²) in [7, 11) is 0. The molecule has 0 saturated heterocycles. The summed E-state index contributed by atoms with van der Waals surface area (Å²) in [6.45, 7) is 6.06. The molecule has 5 rings (SSSR count). The van der Waals surface area contributed by atoms with Gasteiger partial charge in [0, 0.05) is 18.0 Å². The minimum absolute atomic E-state index is 0.164. The molecule has 2 aromatic heterocycles. The van der Waals surface area contributed by atoms with Gasteiger partial charge in [0.1, 0.15) is 23.8 Å². The highest BCUT2D eigenvalue weighted by Crippen LogP contribution is 2.36. The molecule has 0 unspecified atom stereocenters. The van der Waals surface area contributed by atoms with E-state index in [1.54, 1.807) is 30.4 Å². The van der Waals surface area contributed by atoms with Gasteiger partial charge in [-0.15, -0.1) is 11.3 Å². The molecule has 0 saturated carbocycles. The Bertz CT molecular complexity index is 1310. The summed E-state index contributed by atoms with van der Waals surface area (Å²) in [4.78, 5) is 16.8. The number of hydrogen-bond donors (Lipinski definition) is 0. The molecule has 0 N–H and O–H groups in total. The van der Waals surface area contributed by atoms with Crippen molar-refractivity contribution >= 4 is 22.3 Å². The van der Waals surface area contributed by atoms with Gasteiger partial charge in [-0.1, -0.05) is 18.2 Å². The molecule has 0 aliphatic carbocycles. The molecule has 0 amide bonds. The van der Waals surface area contributed by atoms with Crippen molar-refractivity contribution in [2.75, 3.05) is 13.3 Å². The molecule has 0 atom stereocenters. The lowest BCUT2D eigenvalue weighted by atomic mass is 10.1. The second-order valence-corrected chi connectivity index (χ2v) is 8.59. The highest BCUT2D eigenvalue weighted by Gasteiger charge is 2.24. The number of hydrogen-bond acceptors (Lipinski definition) is 7. The van der Waals surface area contributed by atoms with Gasteiger partial charge >= 0.3 is 0 Å². The second kappa shape index (κ2) is 8.68. The Morgan fingerprint density at radius 3 is 2.72 bits per heavy atom. The molecule has 2 aromatic carbocycles. The molecule has 6 nitrogen and oxygen atoms in total. The number of rotatable bonds is 6. The van der Waals surface area contributed by atoms with Crippen molar-refractivity contribution in [1.29, 1.82) is 0 Å². The van der Waals surface area contributed by atoms with Gasteiger partial charge in [0.05, 0.1) is 17.6 Å². The van der Waals surface area contributed by atoms with E-state index in [2.05, 4.69) is 16.3 Å². The van der Waals surface area contributed by atoms with Crippen LogP contribution in [0.15, 0.2) is 63.1 Å². The second-order valence-electron chi connectivity index (χ2n) is 7.56. The van der Waals surface area contributed by atoms with Crippen molar-refractivity contribution in [3.8, 4) is 23.0 Å². The highest BCUT2D eigenvalue weighted by atomic mass is 32.1. The smallest absolute Gasteiger partial charge is 0.235 e. The van der Waals surface area contributed by atoms with Crippen LogP contribution >= 0.6 is 11.3 Å². The van der Waals surface area contributed by atoms with Crippen molar-refractivity contribution in [3.05, 3.63) is 80.3 Å². The molecule has 0 fully saturated rings. The van der Waals surface area contributed by atoms with E-state index in [0.717, 1.165) is 17.9 Å². The van der Waals surface area contributed by atoms with Crippen LogP contribution in [0.2, 0.25) is 0 Å². The van der Waals surface area contributed by atoms with Crippen LogP contribution < -0.4 is 19.6 Å². The summed E-state index contributed by atoms with van der Waals surface area (Å²) in [5.74, 6) is 2.39. The first-order chi connectivity index (χ1) is 15.6. The zero-order chi connectivity index (χ0) is 22.1. The lowest BCUT2D eigenvalue weighted by Gasteiger charge is -2.29. The van der Waals surface area contributed by atoms with Gasteiger partial charge in [-0.05, 0) is 49.6 Å². The maximum atomic E-state index is 13.4. The molecule has 32 heavy (non-hydrogen) atoms. The minimum atomic E-state index is -0.215. The van der Waals surface area contributed by atoms with Crippen molar-refractivity contribution in [2.45, 2.75) is 26.9 Å². The van der Waals surface area contributed by atoms with Gasteiger partial charge in [0.15, 0.2) is 11.5 Å². The topological polar surface area (TPSA) is 61.1 Å². The molecule has 3 heterocycles. The van der Waals surface area contributed by atoms with Gasteiger partial charge < -0.3 is 18.6 Å². The van der Waals surface area contributed by atoms with Crippen molar-refractivity contribution in [3.63, 3.8) is 0 Å². The molecule has 4 aromatic rings. The maximum absolute atomic E-state index is 13.4. The first-order valence-electron chi connectivity index (χ1n) is 10.5. The summed E-state index contributed by atoms with van der Waals surface area (Å²) in [6.07, 6.45) is 0. The highest BCUT2D eigenvalue weighted by molar-refractivity contribution is 7.09. The third kappa shape index (κ3) is 3.85. The number of para-hydroxylation sites is 2. The van der Waals surface area contributed by atoms with Gasteiger partial charge in [-0.25, -0.2) is 0 Å². The van der Waals surface area contributed by atoms with Gasteiger partial charge in [-0.2, -0.15) is 0 Å². The number of aryl methyl sites for hydroxylation is 1. The SMILES string of the molecule is CCOc1ccccc1Oc1c(C)oc2c3c(ccc2c1=O)OCN(Cc1cccs1)C3. The Balaban J connectivity index is 1.52. The minimum Gasteiger partial charge on any atom is -0.490 e. The molecular formula is C25H23NO5S. The van der Waals surface area contributed by atoms with Crippen LogP contribution in [-0.2, 0) is 13.1 Å². The Hall–Kier alpha value is -3.29. The predicted octanol–water partition coefficient (Wildman–Crippen LogP) is 5.71. The van der Waals surface area contributed by atoms with E-state index < -0.39 is 0 Å². The van der Waals surface area contributed by atoms with E-state index in [-0.39, 0.29) is 11.2 Å². The Morgan fingerprint density at radius 2 is 1.94 bits per heavy atom. The summed E-state index contributed by atoms with van der Waals surface area (Å²) in [5.41, 5.74) is 1.21. The van der Waals surface area contributed by atoms with E-state index >= 15 is 0 Å². The van der Waals surface area contributed by atoms with Gasteiger partial charge in [0.2, 0.25) is 11.2 Å². The lowest BCUT2D eigenvalue weighted by Crippen LogP contribution is -2.31. The first kappa shape index (κ1) is 20.6. The maximum Gasteiger partial charge on any atom is 0.235 e. The van der Waals surface area contributed by atoms with Crippen LogP contribution in [0.3, 0.4) is 0 Å². The van der Waals surface area contributed by atoms with E-state index in [1.807, 2.05) is 37.3 Å². The fourth-order valence-electron chi connectivity index (χ4n) is 3.86. The monoisotopic (exact) mass is 449 g/mol. The fraction of sp³-hybridized carbons (Fsp3) is 0.240. The van der Waals surface area contributed by atoms with Crippen molar-refractivity contribution in [1.82, 2.24) is 4.90 Å². The largest absolute Gasteiger partial charge is 0.490 e. The Morgan fingerprint density at radius 1 is 1.09 bits per heavy atom. The van der Waals surface area contributed by atoms with Crippen molar-refractivity contribution < 1.29 is 18.6 Å². The molecule has 7 heteroatoms. The average Bonchev–Trinajstić information content (AvgIpc) is 3.31. The zero-order valence-corrected chi connectivity index (χ0v) is 18.7. The third-order valence-electron chi connectivity index (χ3n) is 5.35. The van der Waals surface area contributed by atoms with Crippen LogP contribution in [0, 0.1) is 6.92 Å². The van der Waals surface area contributed by atoms with Crippen LogP contribution in [0.25, 0.3) is 11.0 Å². The predicted molar refractivity (Wildman–Crippen MR) is 124 cm³/mol. The fourth-order valence-corrected chi connectivity index (χ4v) is 4.61. The molecule has 0 radical (unpaired) electrons. The normalized spacial score (nSPS) is 13.6. The molecule has 1 aliphatic rings. The third-order valence-corrected chi connectivity index (χ3v) is 6.21. The summed E-state index contributed by atoms with van der Waals surface area (Å²) >= 11 is 1.72. The van der Waals surface area contributed by atoms with Crippen LogP contribution in [0.1, 0.15) is 23.1 Å². The quantitative estimate of drug-likeness (QED) is 0.376.